The summed E-state index contributed by atoms with van der Waals surface area (Å²) < 4.78 is 2.44. The summed E-state index contributed by atoms with van der Waals surface area (Å²) in [6.07, 6.45) is 1.35. The SMILES string of the molecule is CCCn1c(CC(O)CSC(C)(C)C)nc2ccccc21. The smallest absolute Gasteiger partial charge is 0.112 e. The number of aliphatic hydroxyl groups is 1. The Kier molecular flexibility index (Phi) is 5.33. The average Bonchev–Trinajstić information content (AvgIpc) is 2.74. The fraction of sp³-hybridized carbons (Fsp3) is 0.588. The van der Waals surface area contributed by atoms with Gasteiger partial charge in [-0.05, 0) is 18.6 Å². The van der Waals surface area contributed by atoms with Crippen molar-refractivity contribution in [2.75, 3.05) is 5.75 Å². The van der Waals surface area contributed by atoms with Crippen LogP contribution in [0.2, 0.25) is 0 Å². The molecule has 0 aliphatic heterocycles. The van der Waals surface area contributed by atoms with Gasteiger partial charge in [0.05, 0.1) is 17.1 Å². The van der Waals surface area contributed by atoms with E-state index in [0.29, 0.717) is 6.42 Å². The third kappa shape index (κ3) is 4.48. The third-order valence-corrected chi connectivity index (χ3v) is 4.73. The maximum absolute atomic E-state index is 10.3. The lowest BCUT2D eigenvalue weighted by Gasteiger charge is -2.20. The third-order valence-electron chi connectivity index (χ3n) is 3.31. The molecule has 3 nitrogen and oxygen atoms in total. The molecule has 0 radical (unpaired) electrons. The predicted octanol–water partition coefficient (Wildman–Crippen LogP) is 3.88. The number of rotatable bonds is 6. The van der Waals surface area contributed by atoms with Crippen molar-refractivity contribution in [3.63, 3.8) is 0 Å². The second-order valence-electron chi connectivity index (χ2n) is 6.45. The zero-order valence-corrected chi connectivity index (χ0v) is 14.3. The van der Waals surface area contributed by atoms with E-state index in [4.69, 9.17) is 4.98 Å². The molecule has 1 unspecified atom stereocenters. The number of aromatic nitrogens is 2. The Hall–Kier alpha value is -1.00. The highest BCUT2D eigenvalue weighted by Gasteiger charge is 2.17. The van der Waals surface area contributed by atoms with Crippen molar-refractivity contribution in [3.8, 4) is 0 Å². The van der Waals surface area contributed by atoms with Crippen molar-refractivity contribution in [1.82, 2.24) is 9.55 Å². The molecule has 116 valence electrons. The summed E-state index contributed by atoms with van der Waals surface area (Å²) in [4.78, 5) is 4.71. The first kappa shape index (κ1) is 16.4. The van der Waals surface area contributed by atoms with Crippen LogP contribution in [-0.4, -0.2) is 31.3 Å². The van der Waals surface area contributed by atoms with Crippen molar-refractivity contribution < 1.29 is 5.11 Å². The number of hydrogen-bond acceptors (Lipinski definition) is 3. The molecule has 1 atom stereocenters. The Labute approximate surface area is 131 Å². The molecule has 1 N–H and O–H groups in total. The number of thioether (sulfide) groups is 1. The quantitative estimate of drug-likeness (QED) is 0.880. The Morgan fingerprint density at radius 1 is 1.29 bits per heavy atom. The molecule has 0 fully saturated rings. The molecule has 21 heavy (non-hydrogen) atoms. The van der Waals surface area contributed by atoms with Crippen molar-refractivity contribution in [2.24, 2.45) is 0 Å². The van der Waals surface area contributed by atoms with Crippen LogP contribution in [0.15, 0.2) is 24.3 Å². The van der Waals surface area contributed by atoms with Gasteiger partial charge in [-0.25, -0.2) is 4.98 Å². The summed E-state index contributed by atoms with van der Waals surface area (Å²) in [5.74, 6) is 1.75. The molecule has 0 saturated carbocycles. The molecule has 2 rings (SSSR count). The largest absolute Gasteiger partial charge is 0.392 e. The second kappa shape index (κ2) is 6.84. The van der Waals surface area contributed by atoms with E-state index in [0.717, 1.165) is 30.1 Å². The average molecular weight is 306 g/mol. The van der Waals surface area contributed by atoms with Crippen LogP contribution in [0, 0.1) is 0 Å². The van der Waals surface area contributed by atoms with Gasteiger partial charge in [0.25, 0.3) is 0 Å². The number of aryl methyl sites for hydroxylation is 1. The molecule has 2 aromatic rings. The predicted molar refractivity (Wildman–Crippen MR) is 91.9 cm³/mol. The Balaban J connectivity index is 2.15. The summed E-state index contributed by atoms with van der Waals surface area (Å²) >= 11 is 1.80. The first-order valence-corrected chi connectivity index (χ1v) is 8.65. The first-order chi connectivity index (χ1) is 9.90. The number of hydrogen-bond donors (Lipinski definition) is 1. The minimum absolute atomic E-state index is 0.185. The maximum Gasteiger partial charge on any atom is 0.112 e. The molecule has 0 amide bonds. The Morgan fingerprint density at radius 2 is 2.00 bits per heavy atom. The molecule has 0 bridgehead atoms. The van der Waals surface area contributed by atoms with Gasteiger partial charge in [0.2, 0.25) is 0 Å². The maximum atomic E-state index is 10.3. The van der Waals surface area contributed by atoms with Gasteiger partial charge in [0.1, 0.15) is 5.82 Å². The summed E-state index contributed by atoms with van der Waals surface area (Å²) in [5.41, 5.74) is 2.20. The lowest BCUT2D eigenvalue weighted by atomic mass is 10.2. The molecule has 0 spiro atoms. The highest BCUT2D eigenvalue weighted by Crippen LogP contribution is 2.25. The summed E-state index contributed by atoms with van der Waals surface area (Å²) in [7, 11) is 0. The van der Waals surface area contributed by atoms with E-state index < -0.39 is 0 Å². The number of imidazole rings is 1. The number of para-hydroxylation sites is 2. The molecule has 0 aliphatic carbocycles. The van der Waals surface area contributed by atoms with Gasteiger partial charge in [-0.1, -0.05) is 39.8 Å². The van der Waals surface area contributed by atoms with Gasteiger partial charge in [0.15, 0.2) is 0 Å². The van der Waals surface area contributed by atoms with E-state index in [1.165, 1.54) is 5.52 Å². The van der Waals surface area contributed by atoms with Crippen LogP contribution < -0.4 is 0 Å². The van der Waals surface area contributed by atoms with Crippen LogP contribution in [0.1, 0.15) is 39.9 Å². The molecule has 0 saturated heterocycles. The van der Waals surface area contributed by atoms with E-state index in [2.05, 4.69) is 38.3 Å². The Morgan fingerprint density at radius 3 is 2.67 bits per heavy atom. The van der Waals surface area contributed by atoms with E-state index in [-0.39, 0.29) is 10.9 Å². The molecule has 1 aromatic carbocycles. The molecule has 1 heterocycles. The number of fused-ring (bicyclic) bond motifs is 1. The van der Waals surface area contributed by atoms with Gasteiger partial charge in [-0.15, -0.1) is 0 Å². The van der Waals surface area contributed by atoms with Crippen molar-refractivity contribution >= 4 is 22.8 Å². The van der Waals surface area contributed by atoms with Crippen molar-refractivity contribution in [1.29, 1.82) is 0 Å². The summed E-state index contributed by atoms with van der Waals surface area (Å²) in [6.45, 7) is 9.66. The van der Waals surface area contributed by atoms with Crippen LogP contribution in [0.4, 0.5) is 0 Å². The summed E-state index contributed by atoms with van der Waals surface area (Å²) in [5, 5.41) is 10.3. The zero-order valence-electron chi connectivity index (χ0n) is 13.5. The number of nitrogens with zero attached hydrogens (tertiary/aromatic N) is 2. The highest BCUT2D eigenvalue weighted by atomic mass is 32.2. The first-order valence-electron chi connectivity index (χ1n) is 7.67. The second-order valence-corrected chi connectivity index (χ2v) is 8.30. The number of benzene rings is 1. The molecular weight excluding hydrogens is 280 g/mol. The van der Waals surface area contributed by atoms with Crippen LogP contribution in [-0.2, 0) is 13.0 Å². The van der Waals surface area contributed by atoms with Crippen LogP contribution >= 0.6 is 11.8 Å². The van der Waals surface area contributed by atoms with Gasteiger partial charge >= 0.3 is 0 Å². The standard InChI is InChI=1S/C17H26N2OS/c1-5-10-19-15-9-7-6-8-14(15)18-16(19)11-13(20)12-21-17(2,3)4/h6-9,13,20H,5,10-12H2,1-4H3. The van der Waals surface area contributed by atoms with E-state index in [9.17, 15) is 5.11 Å². The van der Waals surface area contributed by atoms with E-state index >= 15 is 0 Å². The van der Waals surface area contributed by atoms with Gasteiger partial charge in [-0.2, -0.15) is 11.8 Å². The van der Waals surface area contributed by atoms with Gasteiger partial charge in [0, 0.05) is 23.5 Å². The normalized spacial score (nSPS) is 13.8. The van der Waals surface area contributed by atoms with Gasteiger partial charge in [-0.3, -0.25) is 0 Å². The lowest BCUT2D eigenvalue weighted by Crippen LogP contribution is -2.21. The van der Waals surface area contributed by atoms with Crippen molar-refractivity contribution in [3.05, 3.63) is 30.1 Å². The molecule has 0 aliphatic rings. The topological polar surface area (TPSA) is 38.0 Å². The zero-order chi connectivity index (χ0) is 15.5. The van der Waals surface area contributed by atoms with E-state index in [1.54, 1.807) is 11.8 Å². The Bertz CT molecular complexity index is 586. The molecule has 1 aromatic heterocycles. The molecule has 4 heteroatoms. The van der Waals surface area contributed by atoms with Crippen LogP contribution in [0.25, 0.3) is 11.0 Å². The minimum Gasteiger partial charge on any atom is -0.392 e. The number of aliphatic hydroxyl groups excluding tert-OH is 1. The van der Waals surface area contributed by atoms with Crippen molar-refractivity contribution in [2.45, 2.75) is 57.9 Å². The monoisotopic (exact) mass is 306 g/mol. The minimum atomic E-state index is -0.346. The highest BCUT2D eigenvalue weighted by molar-refractivity contribution is 8.00. The van der Waals surface area contributed by atoms with E-state index in [1.807, 2.05) is 18.2 Å². The fourth-order valence-electron chi connectivity index (χ4n) is 2.37. The lowest BCUT2D eigenvalue weighted by molar-refractivity contribution is 0.196. The summed E-state index contributed by atoms with van der Waals surface area (Å²) in [6, 6.07) is 8.21. The van der Waals surface area contributed by atoms with Crippen LogP contribution in [0.5, 0.6) is 0 Å². The molecular formula is C17H26N2OS. The fourth-order valence-corrected chi connectivity index (χ4v) is 3.18. The van der Waals surface area contributed by atoms with Crippen LogP contribution in [0.3, 0.4) is 0 Å². The van der Waals surface area contributed by atoms with Gasteiger partial charge < -0.3 is 9.67 Å².